The highest BCUT2D eigenvalue weighted by atomic mass is 32.2. The van der Waals surface area contributed by atoms with Crippen LogP contribution >= 0.6 is 24.0 Å². The van der Waals surface area contributed by atoms with Crippen molar-refractivity contribution in [3.63, 3.8) is 0 Å². The first-order valence-electron chi connectivity index (χ1n) is 4.68. The van der Waals surface area contributed by atoms with Gasteiger partial charge in [-0.05, 0) is 23.8 Å². The monoisotopic (exact) mass is 269 g/mol. The molecule has 1 heterocycles. The Kier molecular flexibility index (Phi) is 3.44. The van der Waals surface area contributed by atoms with E-state index in [1.54, 1.807) is 12.1 Å². The molecule has 1 saturated heterocycles. The highest BCUT2D eigenvalue weighted by molar-refractivity contribution is 8.26. The second kappa shape index (κ2) is 4.85. The molecule has 0 atom stereocenters. The molecule has 0 aromatic heterocycles. The third-order valence-electron chi connectivity index (χ3n) is 2.12. The predicted octanol–water partition coefficient (Wildman–Crippen LogP) is 2.32. The summed E-state index contributed by atoms with van der Waals surface area (Å²) in [7, 11) is 1.40. The van der Waals surface area contributed by atoms with Crippen LogP contribution < -0.4 is 10.1 Å². The van der Waals surface area contributed by atoms with Crippen molar-refractivity contribution in [2.75, 3.05) is 7.11 Å². The number of halogens is 1. The molecule has 88 valence electrons. The number of carbonyl (C=O) groups is 1. The van der Waals surface area contributed by atoms with E-state index in [2.05, 4.69) is 5.32 Å². The molecule has 0 aliphatic carbocycles. The molecular weight excluding hydrogens is 261 g/mol. The molecule has 1 aromatic rings. The maximum absolute atomic E-state index is 13.4. The highest BCUT2D eigenvalue weighted by Crippen LogP contribution is 2.27. The Labute approximate surface area is 107 Å². The van der Waals surface area contributed by atoms with Crippen LogP contribution in [0.4, 0.5) is 4.39 Å². The molecule has 1 amide bonds. The van der Waals surface area contributed by atoms with Crippen molar-refractivity contribution >= 4 is 40.3 Å². The van der Waals surface area contributed by atoms with Crippen LogP contribution in [0, 0.1) is 5.82 Å². The van der Waals surface area contributed by atoms with Gasteiger partial charge in [-0.2, -0.15) is 0 Å². The second-order valence-electron chi connectivity index (χ2n) is 3.25. The number of hydrogen-bond donors (Lipinski definition) is 1. The van der Waals surface area contributed by atoms with Crippen molar-refractivity contribution in [3.05, 3.63) is 34.5 Å². The smallest absolute Gasteiger partial charge is 0.263 e. The van der Waals surface area contributed by atoms with Gasteiger partial charge in [-0.3, -0.25) is 4.79 Å². The fraction of sp³-hybridized carbons (Fsp3) is 0.0909. The van der Waals surface area contributed by atoms with E-state index in [-0.39, 0.29) is 11.7 Å². The Morgan fingerprint density at radius 3 is 2.82 bits per heavy atom. The van der Waals surface area contributed by atoms with E-state index >= 15 is 0 Å². The summed E-state index contributed by atoms with van der Waals surface area (Å²) in [4.78, 5) is 11.8. The van der Waals surface area contributed by atoms with Crippen LogP contribution in [0.15, 0.2) is 23.1 Å². The van der Waals surface area contributed by atoms with Crippen molar-refractivity contribution < 1.29 is 13.9 Å². The zero-order chi connectivity index (χ0) is 12.4. The van der Waals surface area contributed by atoms with Crippen molar-refractivity contribution in [1.29, 1.82) is 0 Å². The molecule has 1 fully saturated rings. The number of thioether (sulfide) groups is 1. The molecule has 1 aliphatic heterocycles. The summed E-state index contributed by atoms with van der Waals surface area (Å²) >= 11 is 6.01. The normalized spacial score (nSPS) is 17.4. The van der Waals surface area contributed by atoms with E-state index < -0.39 is 5.82 Å². The van der Waals surface area contributed by atoms with E-state index in [0.29, 0.717) is 14.8 Å². The SMILES string of the molecule is COc1ccc(/C=C2\SC(=S)NC2=O)cc1F. The first kappa shape index (κ1) is 12.1. The van der Waals surface area contributed by atoms with Crippen molar-refractivity contribution in [2.45, 2.75) is 0 Å². The molecule has 0 radical (unpaired) electrons. The van der Waals surface area contributed by atoms with Gasteiger partial charge < -0.3 is 10.1 Å². The van der Waals surface area contributed by atoms with Crippen LogP contribution in [0.5, 0.6) is 5.75 Å². The first-order chi connectivity index (χ1) is 8.10. The fourth-order valence-electron chi connectivity index (χ4n) is 1.34. The van der Waals surface area contributed by atoms with Crippen LogP contribution in [0.1, 0.15) is 5.56 Å². The van der Waals surface area contributed by atoms with Crippen LogP contribution in [-0.2, 0) is 4.79 Å². The second-order valence-corrected chi connectivity index (χ2v) is 4.97. The van der Waals surface area contributed by atoms with Gasteiger partial charge >= 0.3 is 0 Å². The van der Waals surface area contributed by atoms with Crippen LogP contribution in [0.3, 0.4) is 0 Å². The van der Waals surface area contributed by atoms with Crippen molar-refractivity contribution in [2.24, 2.45) is 0 Å². The number of amides is 1. The third kappa shape index (κ3) is 2.65. The Hall–Kier alpha value is -1.40. The number of rotatable bonds is 2. The lowest BCUT2D eigenvalue weighted by atomic mass is 10.2. The molecule has 0 saturated carbocycles. The molecular formula is C11H8FNO2S2. The lowest BCUT2D eigenvalue weighted by Gasteiger charge is -2.02. The summed E-state index contributed by atoms with van der Waals surface area (Å²) in [5.41, 5.74) is 0.589. The number of benzene rings is 1. The van der Waals surface area contributed by atoms with Gasteiger partial charge in [0.1, 0.15) is 4.32 Å². The number of ether oxygens (including phenoxy) is 1. The summed E-state index contributed by atoms with van der Waals surface area (Å²) in [5.74, 6) is -0.546. The summed E-state index contributed by atoms with van der Waals surface area (Å²) < 4.78 is 18.6. The summed E-state index contributed by atoms with van der Waals surface area (Å²) in [6, 6.07) is 4.49. The first-order valence-corrected chi connectivity index (χ1v) is 5.91. The predicted molar refractivity (Wildman–Crippen MR) is 69.3 cm³/mol. The molecule has 0 spiro atoms. The third-order valence-corrected chi connectivity index (χ3v) is 3.28. The maximum atomic E-state index is 13.4. The number of hydrogen-bond acceptors (Lipinski definition) is 4. The van der Waals surface area contributed by atoms with Gasteiger partial charge in [0.25, 0.3) is 5.91 Å². The van der Waals surface area contributed by atoms with Crippen LogP contribution in [0.2, 0.25) is 0 Å². The quantitative estimate of drug-likeness (QED) is 0.660. The van der Waals surface area contributed by atoms with Gasteiger partial charge in [-0.15, -0.1) is 0 Å². The van der Waals surface area contributed by atoms with Gasteiger partial charge in [-0.1, -0.05) is 30.0 Å². The number of carbonyl (C=O) groups excluding carboxylic acids is 1. The summed E-state index contributed by atoms with van der Waals surface area (Å²) in [6.45, 7) is 0. The number of nitrogens with one attached hydrogen (secondary N) is 1. The van der Waals surface area contributed by atoms with E-state index in [0.717, 1.165) is 11.8 Å². The molecule has 3 nitrogen and oxygen atoms in total. The molecule has 1 aromatic carbocycles. The largest absolute Gasteiger partial charge is 0.494 e. The van der Waals surface area contributed by atoms with Gasteiger partial charge in [0.05, 0.1) is 12.0 Å². The Bertz CT molecular complexity index is 528. The molecule has 0 unspecified atom stereocenters. The standard InChI is InChI=1S/C11H8FNO2S2/c1-15-8-3-2-6(4-7(8)12)5-9-10(14)13-11(16)17-9/h2-5H,1H3,(H,13,14,16)/b9-5-. The Morgan fingerprint density at radius 1 is 1.53 bits per heavy atom. The van der Waals surface area contributed by atoms with E-state index in [1.165, 1.54) is 19.2 Å². The Balaban J connectivity index is 2.30. The van der Waals surface area contributed by atoms with Crippen LogP contribution in [-0.4, -0.2) is 17.3 Å². The maximum Gasteiger partial charge on any atom is 0.263 e. The molecule has 17 heavy (non-hydrogen) atoms. The van der Waals surface area contributed by atoms with E-state index in [4.69, 9.17) is 17.0 Å². The highest BCUT2D eigenvalue weighted by Gasteiger charge is 2.21. The van der Waals surface area contributed by atoms with Gasteiger partial charge in [0.2, 0.25) is 0 Å². The fourth-order valence-corrected chi connectivity index (χ4v) is 2.39. The molecule has 1 N–H and O–H groups in total. The topological polar surface area (TPSA) is 38.3 Å². The average Bonchev–Trinajstić information content (AvgIpc) is 2.58. The van der Waals surface area contributed by atoms with Crippen LogP contribution in [0.25, 0.3) is 6.08 Å². The average molecular weight is 269 g/mol. The molecule has 0 bridgehead atoms. The van der Waals surface area contributed by atoms with Crippen molar-refractivity contribution in [1.82, 2.24) is 5.32 Å². The minimum Gasteiger partial charge on any atom is -0.494 e. The molecule has 1 aliphatic rings. The Morgan fingerprint density at radius 2 is 2.29 bits per heavy atom. The molecule has 2 rings (SSSR count). The lowest BCUT2D eigenvalue weighted by Crippen LogP contribution is -2.17. The van der Waals surface area contributed by atoms with E-state index in [1.807, 2.05) is 0 Å². The van der Waals surface area contributed by atoms with Crippen molar-refractivity contribution in [3.8, 4) is 5.75 Å². The van der Waals surface area contributed by atoms with Gasteiger partial charge in [0, 0.05) is 0 Å². The number of methoxy groups -OCH3 is 1. The zero-order valence-corrected chi connectivity index (χ0v) is 10.5. The minimum atomic E-state index is -0.465. The zero-order valence-electron chi connectivity index (χ0n) is 8.82. The minimum absolute atomic E-state index is 0.172. The van der Waals surface area contributed by atoms with Gasteiger partial charge in [0.15, 0.2) is 11.6 Å². The molecule has 6 heteroatoms. The van der Waals surface area contributed by atoms with Gasteiger partial charge in [-0.25, -0.2) is 4.39 Å². The summed E-state index contributed by atoms with van der Waals surface area (Å²) in [6.07, 6.45) is 1.59. The number of thiocarbonyl (C=S) groups is 1. The summed E-state index contributed by atoms with van der Waals surface area (Å²) in [5, 5.41) is 2.49. The van der Waals surface area contributed by atoms with E-state index in [9.17, 15) is 9.18 Å². The lowest BCUT2D eigenvalue weighted by molar-refractivity contribution is -0.115.